The highest BCUT2D eigenvalue weighted by Crippen LogP contribution is 2.24. The molecule has 1 atom stereocenters. The van der Waals surface area contributed by atoms with E-state index in [1.165, 1.54) is 24.8 Å². The number of hydrogen-bond acceptors (Lipinski definition) is 3. The summed E-state index contributed by atoms with van der Waals surface area (Å²) < 4.78 is 6.64. The summed E-state index contributed by atoms with van der Waals surface area (Å²) in [5, 5.41) is 10.3. The molecule has 1 aliphatic rings. The standard InChI is InChI=1S/C21H26BrNO2/c22-20-8-4-5-9-21(20)25-16-19(24)15-23-12-10-18(11-13-23)14-17-6-2-1-3-7-17/h1-9,18-19,24H,10-16H2. The van der Waals surface area contributed by atoms with Gasteiger partial charge >= 0.3 is 0 Å². The third-order valence-corrected chi connectivity index (χ3v) is 5.47. The van der Waals surface area contributed by atoms with Crippen molar-refractivity contribution in [3.8, 4) is 5.75 Å². The number of aliphatic hydroxyl groups excluding tert-OH is 1. The first-order valence-electron chi connectivity index (χ1n) is 9.02. The number of β-amino-alcohol motifs (C(OH)–C–C–N with tert-alkyl or cyclic N) is 1. The van der Waals surface area contributed by atoms with Crippen molar-refractivity contribution in [2.45, 2.75) is 25.4 Å². The van der Waals surface area contributed by atoms with Crippen LogP contribution in [0.15, 0.2) is 59.1 Å². The minimum absolute atomic E-state index is 0.326. The van der Waals surface area contributed by atoms with Gasteiger partial charge in [0.25, 0.3) is 0 Å². The van der Waals surface area contributed by atoms with Gasteiger partial charge in [0, 0.05) is 6.54 Å². The number of halogens is 1. The van der Waals surface area contributed by atoms with Gasteiger partial charge in [-0.05, 0) is 71.9 Å². The molecule has 0 aromatic heterocycles. The fraction of sp³-hybridized carbons (Fsp3) is 0.429. The summed E-state index contributed by atoms with van der Waals surface area (Å²) >= 11 is 3.46. The van der Waals surface area contributed by atoms with E-state index in [9.17, 15) is 5.11 Å². The van der Waals surface area contributed by atoms with E-state index in [4.69, 9.17) is 4.74 Å². The van der Waals surface area contributed by atoms with Crippen molar-refractivity contribution in [1.29, 1.82) is 0 Å². The maximum absolute atomic E-state index is 10.3. The van der Waals surface area contributed by atoms with Crippen LogP contribution in [0.4, 0.5) is 0 Å². The van der Waals surface area contributed by atoms with Gasteiger partial charge in [0.1, 0.15) is 18.5 Å². The number of rotatable bonds is 7. The average molecular weight is 404 g/mol. The second-order valence-corrected chi connectivity index (χ2v) is 7.68. The predicted molar refractivity (Wildman–Crippen MR) is 105 cm³/mol. The topological polar surface area (TPSA) is 32.7 Å². The van der Waals surface area contributed by atoms with Crippen molar-refractivity contribution in [3.63, 3.8) is 0 Å². The summed E-state index contributed by atoms with van der Waals surface area (Å²) in [6.07, 6.45) is 3.11. The Balaban J connectivity index is 1.37. The quantitative estimate of drug-likeness (QED) is 0.753. The number of aliphatic hydroxyl groups is 1. The van der Waals surface area contributed by atoms with Crippen molar-refractivity contribution < 1.29 is 9.84 Å². The van der Waals surface area contributed by atoms with Gasteiger partial charge in [-0.3, -0.25) is 0 Å². The first-order valence-corrected chi connectivity index (χ1v) is 9.81. The molecule has 2 aromatic carbocycles. The lowest BCUT2D eigenvalue weighted by molar-refractivity contribution is 0.0548. The molecular formula is C21H26BrNO2. The number of para-hydroxylation sites is 1. The molecule has 0 saturated carbocycles. The van der Waals surface area contributed by atoms with Crippen LogP contribution in [0.2, 0.25) is 0 Å². The molecule has 4 heteroatoms. The number of ether oxygens (including phenoxy) is 1. The molecule has 0 bridgehead atoms. The lowest BCUT2D eigenvalue weighted by Gasteiger charge is -2.33. The minimum Gasteiger partial charge on any atom is -0.490 e. The van der Waals surface area contributed by atoms with Crippen LogP contribution in [-0.2, 0) is 6.42 Å². The van der Waals surface area contributed by atoms with Crippen LogP contribution in [0.5, 0.6) is 5.75 Å². The molecule has 0 aliphatic carbocycles. The number of nitrogens with zero attached hydrogens (tertiary/aromatic N) is 1. The Kier molecular flexibility index (Phi) is 6.91. The Labute approximate surface area is 158 Å². The number of piperidine rings is 1. The van der Waals surface area contributed by atoms with Gasteiger partial charge in [-0.25, -0.2) is 0 Å². The molecule has 1 aliphatic heterocycles. The molecule has 1 fully saturated rings. The lowest BCUT2D eigenvalue weighted by Crippen LogP contribution is -2.41. The Morgan fingerprint density at radius 1 is 1.04 bits per heavy atom. The Morgan fingerprint density at radius 3 is 2.44 bits per heavy atom. The fourth-order valence-electron chi connectivity index (χ4n) is 3.42. The van der Waals surface area contributed by atoms with E-state index in [2.05, 4.69) is 51.2 Å². The minimum atomic E-state index is -0.460. The third-order valence-electron chi connectivity index (χ3n) is 4.81. The van der Waals surface area contributed by atoms with Crippen LogP contribution in [0.1, 0.15) is 18.4 Å². The molecule has 3 rings (SSSR count). The molecule has 1 heterocycles. The van der Waals surface area contributed by atoms with E-state index >= 15 is 0 Å². The van der Waals surface area contributed by atoms with Crippen molar-refractivity contribution >= 4 is 15.9 Å². The maximum atomic E-state index is 10.3. The van der Waals surface area contributed by atoms with Gasteiger partial charge < -0.3 is 14.7 Å². The summed E-state index contributed by atoms with van der Waals surface area (Å²) in [4.78, 5) is 2.36. The number of hydrogen-bond donors (Lipinski definition) is 1. The van der Waals surface area contributed by atoms with Crippen LogP contribution < -0.4 is 4.74 Å². The first-order chi connectivity index (χ1) is 12.2. The smallest absolute Gasteiger partial charge is 0.133 e. The molecule has 1 unspecified atom stereocenters. The highest BCUT2D eigenvalue weighted by molar-refractivity contribution is 9.10. The van der Waals surface area contributed by atoms with Gasteiger partial charge in [0.05, 0.1) is 4.47 Å². The van der Waals surface area contributed by atoms with Crippen LogP contribution in [0.25, 0.3) is 0 Å². The van der Waals surface area contributed by atoms with E-state index in [-0.39, 0.29) is 0 Å². The zero-order valence-corrected chi connectivity index (χ0v) is 16.1. The Bertz CT molecular complexity index is 641. The average Bonchev–Trinajstić information content (AvgIpc) is 2.64. The third kappa shape index (κ3) is 5.84. The Hall–Kier alpha value is -1.36. The van der Waals surface area contributed by atoms with E-state index in [1.807, 2.05) is 24.3 Å². The van der Waals surface area contributed by atoms with Gasteiger partial charge in [-0.2, -0.15) is 0 Å². The van der Waals surface area contributed by atoms with Gasteiger partial charge in [-0.1, -0.05) is 42.5 Å². The molecular weight excluding hydrogens is 378 g/mol. The first kappa shape index (κ1) is 18.4. The SMILES string of the molecule is OC(COc1ccccc1Br)CN1CCC(Cc2ccccc2)CC1. The maximum Gasteiger partial charge on any atom is 0.133 e. The largest absolute Gasteiger partial charge is 0.490 e. The molecule has 134 valence electrons. The summed E-state index contributed by atoms with van der Waals surface area (Å²) in [5.41, 5.74) is 1.43. The molecule has 25 heavy (non-hydrogen) atoms. The van der Waals surface area contributed by atoms with E-state index in [0.717, 1.165) is 29.2 Å². The van der Waals surface area contributed by atoms with Crippen LogP contribution in [0.3, 0.4) is 0 Å². The number of likely N-dealkylation sites (tertiary alicyclic amines) is 1. The molecule has 0 spiro atoms. The second-order valence-electron chi connectivity index (χ2n) is 6.83. The zero-order chi connectivity index (χ0) is 17.5. The second kappa shape index (κ2) is 9.37. The fourth-order valence-corrected chi connectivity index (χ4v) is 3.82. The van der Waals surface area contributed by atoms with Gasteiger partial charge in [0.15, 0.2) is 0 Å². The van der Waals surface area contributed by atoms with E-state index in [1.54, 1.807) is 0 Å². The normalized spacial score (nSPS) is 17.4. The zero-order valence-electron chi connectivity index (χ0n) is 14.5. The van der Waals surface area contributed by atoms with E-state index in [0.29, 0.717) is 13.2 Å². The monoisotopic (exact) mass is 403 g/mol. The van der Waals surface area contributed by atoms with Crippen molar-refractivity contribution in [3.05, 3.63) is 64.6 Å². The predicted octanol–water partition coefficient (Wildman–Crippen LogP) is 4.14. The van der Waals surface area contributed by atoms with Gasteiger partial charge in [0.2, 0.25) is 0 Å². The molecule has 1 saturated heterocycles. The molecule has 3 nitrogen and oxygen atoms in total. The van der Waals surface area contributed by atoms with Crippen molar-refractivity contribution in [1.82, 2.24) is 4.90 Å². The van der Waals surface area contributed by atoms with Crippen LogP contribution in [-0.4, -0.2) is 42.4 Å². The van der Waals surface area contributed by atoms with Crippen molar-refractivity contribution in [2.24, 2.45) is 5.92 Å². The number of benzene rings is 2. The molecule has 0 radical (unpaired) electrons. The molecule has 2 aromatic rings. The Morgan fingerprint density at radius 2 is 1.72 bits per heavy atom. The van der Waals surface area contributed by atoms with Crippen LogP contribution in [0, 0.1) is 5.92 Å². The lowest BCUT2D eigenvalue weighted by atomic mass is 9.90. The van der Waals surface area contributed by atoms with Crippen LogP contribution >= 0.6 is 15.9 Å². The summed E-state index contributed by atoms with van der Waals surface area (Å²) in [5.74, 6) is 1.54. The summed E-state index contributed by atoms with van der Waals surface area (Å²) in [7, 11) is 0. The van der Waals surface area contributed by atoms with Crippen molar-refractivity contribution in [2.75, 3.05) is 26.2 Å². The highest BCUT2D eigenvalue weighted by Gasteiger charge is 2.21. The highest BCUT2D eigenvalue weighted by atomic mass is 79.9. The molecule has 0 amide bonds. The molecule has 1 N–H and O–H groups in total. The summed E-state index contributed by atoms with van der Waals surface area (Å²) in [6.45, 7) is 3.13. The van der Waals surface area contributed by atoms with E-state index < -0.39 is 6.10 Å². The summed E-state index contributed by atoms with van der Waals surface area (Å²) in [6, 6.07) is 18.5. The van der Waals surface area contributed by atoms with Gasteiger partial charge in [-0.15, -0.1) is 0 Å².